The minimum Gasteiger partial charge on any atom is -0.390 e. The first-order chi connectivity index (χ1) is 7.29. The van der Waals surface area contributed by atoms with Crippen molar-refractivity contribution in [3.8, 4) is 0 Å². The monoisotopic (exact) mass is 213 g/mol. The third kappa shape index (κ3) is 2.92. The maximum absolute atomic E-state index is 10.1. The van der Waals surface area contributed by atoms with E-state index in [0.717, 1.165) is 38.6 Å². The van der Waals surface area contributed by atoms with Crippen molar-refractivity contribution in [2.45, 2.75) is 44.8 Å². The zero-order valence-corrected chi connectivity index (χ0v) is 9.69. The highest BCUT2D eigenvalue weighted by Gasteiger charge is 2.29. The standard InChI is InChI=1S/C12H23NO2/c1-2-13-6-7-15-12(9-13)11(14)8-10-4-3-5-10/h10-12,14H,2-9H2,1H3. The van der Waals surface area contributed by atoms with E-state index in [1.54, 1.807) is 0 Å². The lowest BCUT2D eigenvalue weighted by molar-refractivity contribution is -0.0955. The molecule has 2 aliphatic rings. The van der Waals surface area contributed by atoms with Crippen LogP contribution in [0.3, 0.4) is 0 Å². The Labute approximate surface area is 92.4 Å². The number of nitrogens with zero attached hydrogens (tertiary/aromatic N) is 1. The summed E-state index contributed by atoms with van der Waals surface area (Å²) in [6.07, 6.45) is 4.72. The Balaban J connectivity index is 1.75. The van der Waals surface area contributed by atoms with Crippen molar-refractivity contribution in [1.82, 2.24) is 4.90 Å². The van der Waals surface area contributed by atoms with Gasteiger partial charge in [-0.2, -0.15) is 0 Å². The van der Waals surface area contributed by atoms with Gasteiger partial charge in [0.15, 0.2) is 0 Å². The van der Waals surface area contributed by atoms with Crippen molar-refractivity contribution >= 4 is 0 Å². The molecule has 15 heavy (non-hydrogen) atoms. The average Bonchev–Trinajstić information content (AvgIpc) is 2.23. The van der Waals surface area contributed by atoms with Crippen molar-refractivity contribution in [2.24, 2.45) is 5.92 Å². The van der Waals surface area contributed by atoms with Crippen LogP contribution in [0.4, 0.5) is 0 Å². The molecule has 0 amide bonds. The number of likely N-dealkylation sites (N-methyl/N-ethyl adjacent to an activating group) is 1. The van der Waals surface area contributed by atoms with E-state index in [1.165, 1.54) is 19.3 Å². The Bertz CT molecular complexity index is 194. The van der Waals surface area contributed by atoms with Gasteiger partial charge in [-0.1, -0.05) is 26.2 Å². The summed E-state index contributed by atoms with van der Waals surface area (Å²) in [6.45, 7) is 5.93. The fourth-order valence-electron chi connectivity index (χ4n) is 2.47. The van der Waals surface area contributed by atoms with E-state index in [4.69, 9.17) is 4.74 Å². The second-order valence-corrected chi connectivity index (χ2v) is 4.90. The molecule has 0 radical (unpaired) electrons. The Morgan fingerprint density at radius 1 is 1.47 bits per heavy atom. The maximum Gasteiger partial charge on any atom is 0.0961 e. The molecule has 3 nitrogen and oxygen atoms in total. The molecule has 1 aliphatic carbocycles. The number of morpholine rings is 1. The molecule has 1 N–H and O–H groups in total. The van der Waals surface area contributed by atoms with Gasteiger partial charge in [0.2, 0.25) is 0 Å². The van der Waals surface area contributed by atoms with E-state index in [1.807, 2.05) is 0 Å². The molecule has 1 heterocycles. The van der Waals surface area contributed by atoms with Gasteiger partial charge in [-0.15, -0.1) is 0 Å². The van der Waals surface area contributed by atoms with Gasteiger partial charge in [0.25, 0.3) is 0 Å². The molecule has 3 heteroatoms. The van der Waals surface area contributed by atoms with Crippen LogP contribution in [-0.2, 0) is 4.74 Å². The first-order valence-corrected chi connectivity index (χ1v) is 6.31. The minimum atomic E-state index is -0.246. The lowest BCUT2D eigenvalue weighted by Crippen LogP contribution is -2.48. The van der Waals surface area contributed by atoms with Gasteiger partial charge < -0.3 is 9.84 Å². The Hall–Kier alpha value is -0.120. The topological polar surface area (TPSA) is 32.7 Å². The zero-order valence-electron chi connectivity index (χ0n) is 9.69. The molecule has 0 aromatic carbocycles. The highest BCUT2D eigenvalue weighted by atomic mass is 16.5. The Morgan fingerprint density at radius 3 is 2.87 bits per heavy atom. The second kappa shape index (κ2) is 5.28. The lowest BCUT2D eigenvalue weighted by Gasteiger charge is -2.37. The Morgan fingerprint density at radius 2 is 2.27 bits per heavy atom. The number of ether oxygens (including phenoxy) is 1. The van der Waals surface area contributed by atoms with Crippen molar-refractivity contribution in [1.29, 1.82) is 0 Å². The van der Waals surface area contributed by atoms with E-state index < -0.39 is 0 Å². The minimum absolute atomic E-state index is 0.0549. The fraction of sp³-hybridized carbons (Fsp3) is 1.00. The summed E-state index contributed by atoms with van der Waals surface area (Å²) in [5.74, 6) is 0.764. The maximum atomic E-state index is 10.1. The number of hydrogen-bond acceptors (Lipinski definition) is 3. The molecule has 1 saturated heterocycles. The van der Waals surface area contributed by atoms with Crippen LogP contribution in [0.25, 0.3) is 0 Å². The number of aliphatic hydroxyl groups is 1. The molecule has 0 spiro atoms. The first kappa shape index (κ1) is 11.4. The van der Waals surface area contributed by atoms with E-state index in [-0.39, 0.29) is 12.2 Å². The van der Waals surface area contributed by atoms with Crippen molar-refractivity contribution in [3.63, 3.8) is 0 Å². The highest BCUT2D eigenvalue weighted by Crippen LogP contribution is 2.31. The molecule has 0 bridgehead atoms. The van der Waals surface area contributed by atoms with E-state index in [2.05, 4.69) is 11.8 Å². The molecule has 0 aromatic rings. The molecule has 2 fully saturated rings. The molecule has 0 aromatic heterocycles. The van der Waals surface area contributed by atoms with Crippen LogP contribution >= 0.6 is 0 Å². The van der Waals surface area contributed by atoms with Crippen LogP contribution in [0, 0.1) is 5.92 Å². The third-order valence-electron chi connectivity index (χ3n) is 3.85. The quantitative estimate of drug-likeness (QED) is 0.763. The third-order valence-corrected chi connectivity index (χ3v) is 3.85. The van der Waals surface area contributed by atoms with Gasteiger partial charge in [0.1, 0.15) is 0 Å². The predicted molar refractivity (Wildman–Crippen MR) is 59.8 cm³/mol. The van der Waals surface area contributed by atoms with Crippen LogP contribution in [0.1, 0.15) is 32.6 Å². The lowest BCUT2D eigenvalue weighted by atomic mass is 9.80. The highest BCUT2D eigenvalue weighted by molar-refractivity contribution is 4.81. The van der Waals surface area contributed by atoms with Crippen LogP contribution in [0.15, 0.2) is 0 Å². The largest absolute Gasteiger partial charge is 0.390 e. The summed E-state index contributed by atoms with van der Waals surface area (Å²) in [6, 6.07) is 0. The van der Waals surface area contributed by atoms with Gasteiger partial charge in [-0.25, -0.2) is 0 Å². The van der Waals surface area contributed by atoms with Gasteiger partial charge in [0, 0.05) is 13.1 Å². The van der Waals surface area contributed by atoms with E-state index >= 15 is 0 Å². The predicted octanol–water partition coefficient (Wildman–Crippen LogP) is 1.26. The average molecular weight is 213 g/mol. The van der Waals surface area contributed by atoms with Crippen molar-refractivity contribution < 1.29 is 9.84 Å². The smallest absolute Gasteiger partial charge is 0.0961 e. The Kier molecular flexibility index (Phi) is 4.00. The molecule has 2 unspecified atom stereocenters. The molecule has 2 atom stereocenters. The van der Waals surface area contributed by atoms with Crippen LogP contribution in [0.2, 0.25) is 0 Å². The van der Waals surface area contributed by atoms with Crippen LogP contribution in [0.5, 0.6) is 0 Å². The number of aliphatic hydroxyl groups excluding tert-OH is 1. The molecule has 2 rings (SSSR count). The van der Waals surface area contributed by atoms with Gasteiger partial charge in [-0.3, -0.25) is 4.90 Å². The van der Waals surface area contributed by atoms with Gasteiger partial charge in [-0.05, 0) is 18.9 Å². The summed E-state index contributed by atoms with van der Waals surface area (Å²) in [7, 11) is 0. The van der Waals surface area contributed by atoms with Crippen LogP contribution < -0.4 is 0 Å². The molecular formula is C12H23NO2. The molecular weight excluding hydrogens is 190 g/mol. The van der Waals surface area contributed by atoms with E-state index in [9.17, 15) is 5.11 Å². The summed E-state index contributed by atoms with van der Waals surface area (Å²) in [5, 5.41) is 10.1. The fourth-order valence-corrected chi connectivity index (χ4v) is 2.47. The second-order valence-electron chi connectivity index (χ2n) is 4.90. The van der Waals surface area contributed by atoms with Crippen molar-refractivity contribution in [2.75, 3.05) is 26.2 Å². The zero-order chi connectivity index (χ0) is 10.7. The molecule has 1 aliphatic heterocycles. The van der Waals surface area contributed by atoms with Crippen molar-refractivity contribution in [3.05, 3.63) is 0 Å². The summed E-state index contributed by atoms with van der Waals surface area (Å²) in [5.41, 5.74) is 0. The number of rotatable bonds is 4. The van der Waals surface area contributed by atoms with Crippen LogP contribution in [-0.4, -0.2) is 48.5 Å². The summed E-state index contributed by atoms with van der Waals surface area (Å²) < 4.78 is 5.65. The van der Waals surface area contributed by atoms with Gasteiger partial charge in [0.05, 0.1) is 18.8 Å². The summed E-state index contributed by atoms with van der Waals surface area (Å²) >= 11 is 0. The first-order valence-electron chi connectivity index (χ1n) is 6.31. The number of hydrogen-bond donors (Lipinski definition) is 1. The van der Waals surface area contributed by atoms with E-state index in [0.29, 0.717) is 0 Å². The normalized spacial score (nSPS) is 31.2. The molecule has 88 valence electrons. The molecule has 1 saturated carbocycles. The summed E-state index contributed by atoms with van der Waals surface area (Å²) in [4.78, 5) is 2.36. The SMILES string of the molecule is CCN1CCOC(C(O)CC2CCC2)C1. The van der Waals surface area contributed by atoms with Gasteiger partial charge >= 0.3 is 0 Å².